The maximum Gasteiger partial charge on any atom is 0.144 e. The summed E-state index contributed by atoms with van der Waals surface area (Å²) < 4.78 is 6.17. The number of para-hydroxylation sites is 1. The largest absolute Gasteiger partial charge is 0.487 e. The van der Waals surface area contributed by atoms with Crippen molar-refractivity contribution in [1.82, 2.24) is 0 Å². The van der Waals surface area contributed by atoms with Crippen molar-refractivity contribution in [3.8, 4) is 5.75 Å². The summed E-state index contributed by atoms with van der Waals surface area (Å²) >= 11 is 0. The highest BCUT2D eigenvalue weighted by atomic mass is 16.5. The second kappa shape index (κ2) is 5.96. The molecule has 0 atom stereocenters. The minimum absolute atomic E-state index is 0.590. The summed E-state index contributed by atoms with van der Waals surface area (Å²) in [7, 11) is 0. The zero-order valence-electron chi connectivity index (χ0n) is 15.3. The van der Waals surface area contributed by atoms with Crippen molar-refractivity contribution in [3.63, 3.8) is 0 Å². The quantitative estimate of drug-likeness (QED) is 0.521. The van der Waals surface area contributed by atoms with Crippen LogP contribution in [-0.2, 0) is 6.61 Å². The van der Waals surface area contributed by atoms with Crippen molar-refractivity contribution < 1.29 is 4.74 Å². The molecular weight excluding hydrogens is 306 g/mol. The molecular formula is C23H23NO. The van der Waals surface area contributed by atoms with Crippen LogP contribution in [-0.4, -0.2) is 0 Å². The summed E-state index contributed by atoms with van der Waals surface area (Å²) in [5, 5.41) is 0. The third kappa shape index (κ3) is 2.68. The average Bonchev–Trinajstić information content (AvgIpc) is 2.72. The highest BCUT2D eigenvalue weighted by Gasteiger charge is 2.25. The first-order valence-electron chi connectivity index (χ1n) is 8.74. The molecule has 2 nitrogen and oxygen atoms in total. The lowest BCUT2D eigenvalue weighted by Crippen LogP contribution is -2.13. The van der Waals surface area contributed by atoms with Crippen molar-refractivity contribution in [2.75, 3.05) is 4.90 Å². The van der Waals surface area contributed by atoms with Gasteiger partial charge in [-0.3, -0.25) is 0 Å². The lowest BCUT2D eigenvalue weighted by atomic mass is 10.0. The van der Waals surface area contributed by atoms with Gasteiger partial charge in [-0.05, 0) is 62.6 Å². The van der Waals surface area contributed by atoms with Crippen molar-refractivity contribution in [1.29, 1.82) is 0 Å². The van der Waals surface area contributed by atoms with Crippen LogP contribution >= 0.6 is 0 Å². The Bertz CT molecular complexity index is 935. The Kier molecular flexibility index (Phi) is 3.76. The van der Waals surface area contributed by atoms with E-state index in [2.05, 4.69) is 87.2 Å². The normalized spacial score (nSPS) is 12.9. The highest BCUT2D eigenvalue weighted by Crippen LogP contribution is 2.46. The minimum atomic E-state index is 0.590. The van der Waals surface area contributed by atoms with Crippen LogP contribution in [0.25, 0.3) is 0 Å². The van der Waals surface area contributed by atoms with Crippen molar-refractivity contribution >= 4 is 17.1 Å². The van der Waals surface area contributed by atoms with Gasteiger partial charge in [-0.1, -0.05) is 42.0 Å². The van der Waals surface area contributed by atoms with Gasteiger partial charge in [-0.2, -0.15) is 0 Å². The molecule has 0 saturated heterocycles. The maximum absolute atomic E-state index is 6.17. The van der Waals surface area contributed by atoms with Gasteiger partial charge in [0.15, 0.2) is 0 Å². The van der Waals surface area contributed by atoms with E-state index in [1.807, 2.05) is 0 Å². The van der Waals surface area contributed by atoms with E-state index in [1.165, 1.54) is 39.2 Å². The molecule has 0 aliphatic carbocycles. The van der Waals surface area contributed by atoms with Crippen LogP contribution in [0.4, 0.5) is 17.1 Å². The molecule has 25 heavy (non-hydrogen) atoms. The van der Waals surface area contributed by atoms with Gasteiger partial charge in [-0.15, -0.1) is 0 Å². The Morgan fingerprint density at radius 1 is 0.760 bits per heavy atom. The van der Waals surface area contributed by atoms with E-state index in [0.717, 1.165) is 11.4 Å². The molecule has 0 N–H and O–H groups in total. The smallest absolute Gasteiger partial charge is 0.144 e. The molecule has 4 rings (SSSR count). The first-order chi connectivity index (χ1) is 12.0. The van der Waals surface area contributed by atoms with Gasteiger partial charge in [0.1, 0.15) is 12.4 Å². The lowest BCUT2D eigenvalue weighted by Gasteiger charge is -2.29. The van der Waals surface area contributed by atoms with E-state index in [-0.39, 0.29) is 0 Å². The number of nitrogens with zero attached hydrogens (tertiary/aromatic N) is 1. The second-order valence-electron chi connectivity index (χ2n) is 6.97. The van der Waals surface area contributed by atoms with E-state index >= 15 is 0 Å². The highest BCUT2D eigenvalue weighted by molar-refractivity contribution is 5.85. The predicted molar refractivity (Wildman–Crippen MR) is 104 cm³/mol. The summed E-state index contributed by atoms with van der Waals surface area (Å²) in [5.41, 5.74) is 9.81. The van der Waals surface area contributed by atoms with Crippen LogP contribution in [0.3, 0.4) is 0 Å². The summed E-state index contributed by atoms with van der Waals surface area (Å²) in [6, 6.07) is 19.5. The molecule has 0 amide bonds. The number of hydrogen-bond donors (Lipinski definition) is 0. The van der Waals surface area contributed by atoms with Crippen LogP contribution in [0.1, 0.15) is 27.8 Å². The fraction of sp³-hybridized carbons (Fsp3) is 0.217. The van der Waals surface area contributed by atoms with Gasteiger partial charge < -0.3 is 9.64 Å². The molecule has 3 aromatic carbocycles. The number of rotatable bonds is 1. The fourth-order valence-electron chi connectivity index (χ4n) is 3.82. The third-order valence-electron chi connectivity index (χ3n) is 4.83. The number of aryl methyl sites for hydroxylation is 4. The second-order valence-corrected chi connectivity index (χ2v) is 6.97. The van der Waals surface area contributed by atoms with Crippen molar-refractivity contribution in [2.45, 2.75) is 34.3 Å². The van der Waals surface area contributed by atoms with Gasteiger partial charge in [0.05, 0.1) is 17.1 Å². The van der Waals surface area contributed by atoms with Gasteiger partial charge in [0, 0.05) is 5.56 Å². The Morgan fingerprint density at radius 3 is 2.24 bits per heavy atom. The molecule has 2 heteroatoms. The van der Waals surface area contributed by atoms with Crippen LogP contribution < -0.4 is 9.64 Å². The first kappa shape index (κ1) is 15.8. The number of benzene rings is 3. The zero-order valence-corrected chi connectivity index (χ0v) is 15.3. The van der Waals surface area contributed by atoms with E-state index < -0.39 is 0 Å². The zero-order chi connectivity index (χ0) is 17.6. The number of anilines is 3. The van der Waals surface area contributed by atoms with Crippen LogP contribution in [0.2, 0.25) is 0 Å². The van der Waals surface area contributed by atoms with Crippen molar-refractivity contribution in [2.24, 2.45) is 0 Å². The molecule has 0 bridgehead atoms. The molecule has 0 spiro atoms. The van der Waals surface area contributed by atoms with Crippen LogP contribution in [0.5, 0.6) is 5.75 Å². The molecule has 1 aliphatic rings. The molecule has 3 aromatic rings. The Labute approximate surface area is 149 Å². The van der Waals surface area contributed by atoms with E-state index in [9.17, 15) is 0 Å². The van der Waals surface area contributed by atoms with Crippen molar-refractivity contribution in [3.05, 3.63) is 82.4 Å². The Morgan fingerprint density at radius 2 is 1.48 bits per heavy atom. The lowest BCUT2D eigenvalue weighted by molar-refractivity contribution is 0.310. The van der Waals surface area contributed by atoms with Crippen LogP contribution in [0.15, 0.2) is 54.6 Å². The van der Waals surface area contributed by atoms with Gasteiger partial charge in [0.25, 0.3) is 0 Å². The van der Waals surface area contributed by atoms with Gasteiger partial charge in [-0.25, -0.2) is 0 Å². The summed E-state index contributed by atoms with van der Waals surface area (Å²) in [5.74, 6) is 0.940. The summed E-state index contributed by atoms with van der Waals surface area (Å²) in [6.07, 6.45) is 0. The SMILES string of the molecule is Cc1cc(C)c(N2c3ccccc3COc3cc(C)ccc32)c(C)c1. The standard InChI is InChI=1S/C23H23NO/c1-15-9-10-21-22(13-15)25-14-19-7-5-6-8-20(19)24(21)23-17(3)11-16(2)12-18(23)4/h5-13H,14H2,1-4H3. The molecule has 0 aromatic heterocycles. The van der Waals surface area contributed by atoms with Gasteiger partial charge >= 0.3 is 0 Å². The van der Waals surface area contributed by atoms with Crippen LogP contribution in [0, 0.1) is 27.7 Å². The molecule has 0 fully saturated rings. The monoisotopic (exact) mass is 329 g/mol. The Hall–Kier alpha value is -2.74. The van der Waals surface area contributed by atoms with Gasteiger partial charge in [0.2, 0.25) is 0 Å². The Balaban J connectivity index is 2.04. The van der Waals surface area contributed by atoms with E-state index in [4.69, 9.17) is 4.74 Å². The molecule has 1 aliphatic heterocycles. The molecule has 0 radical (unpaired) electrons. The molecule has 126 valence electrons. The average molecular weight is 329 g/mol. The van der Waals surface area contributed by atoms with E-state index in [1.54, 1.807) is 0 Å². The first-order valence-corrected chi connectivity index (χ1v) is 8.74. The fourth-order valence-corrected chi connectivity index (χ4v) is 3.82. The molecule has 1 heterocycles. The minimum Gasteiger partial charge on any atom is -0.487 e. The number of ether oxygens (including phenoxy) is 1. The summed E-state index contributed by atoms with van der Waals surface area (Å²) in [4.78, 5) is 2.36. The maximum atomic E-state index is 6.17. The number of hydrogen-bond acceptors (Lipinski definition) is 2. The number of fused-ring (bicyclic) bond motifs is 2. The topological polar surface area (TPSA) is 12.5 Å². The molecule has 0 unspecified atom stereocenters. The molecule has 0 saturated carbocycles. The third-order valence-corrected chi connectivity index (χ3v) is 4.83. The summed E-state index contributed by atoms with van der Waals surface area (Å²) in [6.45, 7) is 9.23. The van der Waals surface area contributed by atoms with E-state index in [0.29, 0.717) is 6.61 Å². The predicted octanol–water partition coefficient (Wildman–Crippen LogP) is 6.28.